The highest BCUT2D eigenvalue weighted by atomic mass is 35.5. The summed E-state index contributed by atoms with van der Waals surface area (Å²) >= 11 is 5.96. The molecular weight excluding hydrogens is 286 g/mol. The molecule has 6 heteroatoms. The van der Waals surface area contributed by atoms with Crippen LogP contribution in [0.4, 0.5) is 0 Å². The van der Waals surface area contributed by atoms with Crippen molar-refractivity contribution < 1.29 is 13.5 Å². The summed E-state index contributed by atoms with van der Waals surface area (Å²) in [6.07, 6.45) is 2.60. The Morgan fingerprint density at radius 1 is 1.26 bits per heavy atom. The van der Waals surface area contributed by atoms with Crippen LogP contribution in [0.15, 0.2) is 29.2 Å². The normalized spacial score (nSPS) is 24.6. The van der Waals surface area contributed by atoms with E-state index in [1.165, 1.54) is 17.4 Å². The van der Waals surface area contributed by atoms with Gasteiger partial charge in [-0.3, -0.25) is 0 Å². The highest BCUT2D eigenvalue weighted by molar-refractivity contribution is 7.89. The zero-order chi connectivity index (χ0) is 14.0. The summed E-state index contributed by atoms with van der Waals surface area (Å²) in [6, 6.07) is 6.01. The van der Waals surface area contributed by atoms with Gasteiger partial charge in [0.25, 0.3) is 0 Å². The van der Waals surface area contributed by atoms with Crippen molar-refractivity contribution in [1.82, 2.24) is 4.31 Å². The maximum absolute atomic E-state index is 12.5. The van der Waals surface area contributed by atoms with Crippen LogP contribution in [0.2, 0.25) is 5.02 Å². The fourth-order valence-corrected chi connectivity index (χ4v) is 4.41. The molecule has 1 fully saturated rings. The van der Waals surface area contributed by atoms with E-state index in [9.17, 15) is 13.5 Å². The van der Waals surface area contributed by atoms with E-state index in [2.05, 4.69) is 0 Å². The summed E-state index contributed by atoms with van der Waals surface area (Å²) in [5.41, 5.74) is 0. The van der Waals surface area contributed by atoms with Gasteiger partial charge in [0.05, 0.1) is 17.2 Å². The molecule has 1 aliphatic rings. The summed E-state index contributed by atoms with van der Waals surface area (Å²) < 4.78 is 26.3. The number of benzene rings is 1. The Labute approximate surface area is 119 Å². The van der Waals surface area contributed by atoms with Crippen LogP contribution in [0.3, 0.4) is 0 Å². The van der Waals surface area contributed by atoms with Gasteiger partial charge in [-0.25, -0.2) is 8.42 Å². The maximum Gasteiger partial charge on any atom is 0.244 e. The van der Waals surface area contributed by atoms with Gasteiger partial charge in [0, 0.05) is 7.05 Å². The predicted octanol–water partition coefficient (Wildman–Crippen LogP) is 2.26. The van der Waals surface area contributed by atoms with E-state index in [1.54, 1.807) is 18.2 Å². The van der Waals surface area contributed by atoms with E-state index < -0.39 is 16.1 Å². The molecule has 1 aliphatic carbocycles. The van der Waals surface area contributed by atoms with E-state index in [0.29, 0.717) is 12.8 Å². The predicted molar refractivity (Wildman–Crippen MR) is 74.7 cm³/mol. The lowest BCUT2D eigenvalue weighted by Gasteiger charge is -2.34. The Bertz CT molecular complexity index is 547. The lowest BCUT2D eigenvalue weighted by atomic mass is 9.93. The van der Waals surface area contributed by atoms with E-state index >= 15 is 0 Å². The van der Waals surface area contributed by atoms with Gasteiger partial charge in [-0.05, 0) is 25.0 Å². The second-order valence-corrected chi connectivity index (χ2v) is 7.24. The maximum atomic E-state index is 12.5. The number of sulfonamides is 1. The molecule has 4 nitrogen and oxygen atoms in total. The molecule has 2 rings (SSSR count). The van der Waals surface area contributed by atoms with Gasteiger partial charge in [0.15, 0.2) is 0 Å². The molecule has 106 valence electrons. The molecular formula is C13H18ClNO3S. The van der Waals surface area contributed by atoms with E-state index in [1.807, 2.05) is 0 Å². The number of likely N-dealkylation sites (N-methyl/N-ethyl adjacent to an activating group) is 1. The number of hydrogen-bond donors (Lipinski definition) is 1. The molecule has 1 aromatic rings. The van der Waals surface area contributed by atoms with Crippen LogP contribution in [0.25, 0.3) is 0 Å². The Morgan fingerprint density at radius 3 is 2.53 bits per heavy atom. The van der Waals surface area contributed by atoms with Crippen LogP contribution >= 0.6 is 11.6 Å². The smallest absolute Gasteiger partial charge is 0.244 e. The van der Waals surface area contributed by atoms with Crippen LogP contribution in [0.5, 0.6) is 0 Å². The van der Waals surface area contributed by atoms with Gasteiger partial charge < -0.3 is 5.11 Å². The Balaban J connectivity index is 2.31. The SMILES string of the molecule is CN(C1CCCCC1O)S(=O)(=O)c1ccccc1Cl. The van der Waals surface area contributed by atoms with Crippen molar-refractivity contribution >= 4 is 21.6 Å². The molecule has 1 aromatic carbocycles. The Morgan fingerprint density at radius 2 is 1.89 bits per heavy atom. The minimum Gasteiger partial charge on any atom is -0.391 e. The molecule has 2 unspecified atom stereocenters. The van der Waals surface area contributed by atoms with Crippen molar-refractivity contribution in [2.45, 2.75) is 42.7 Å². The van der Waals surface area contributed by atoms with E-state index in [0.717, 1.165) is 12.8 Å². The average molecular weight is 304 g/mol. The summed E-state index contributed by atoms with van der Waals surface area (Å²) in [4.78, 5) is 0.0944. The standard InChI is InChI=1S/C13H18ClNO3S/c1-15(11-7-3-4-8-12(11)16)19(17,18)13-9-5-2-6-10(13)14/h2,5-6,9,11-12,16H,3-4,7-8H2,1H3. The zero-order valence-corrected chi connectivity index (χ0v) is 12.4. The Hall–Kier alpha value is -0.620. The molecule has 0 saturated heterocycles. The summed E-state index contributed by atoms with van der Waals surface area (Å²) in [5.74, 6) is 0. The number of aliphatic hydroxyl groups excluding tert-OH is 1. The monoisotopic (exact) mass is 303 g/mol. The first-order valence-electron chi connectivity index (χ1n) is 6.35. The first-order valence-corrected chi connectivity index (χ1v) is 8.17. The lowest BCUT2D eigenvalue weighted by molar-refractivity contribution is 0.0638. The van der Waals surface area contributed by atoms with Crippen molar-refractivity contribution in [3.8, 4) is 0 Å². The molecule has 0 aromatic heterocycles. The largest absolute Gasteiger partial charge is 0.391 e. The first-order chi connectivity index (χ1) is 8.94. The van der Waals surface area contributed by atoms with E-state index in [-0.39, 0.29) is 16.0 Å². The number of halogens is 1. The highest BCUT2D eigenvalue weighted by Crippen LogP contribution is 2.29. The second-order valence-electron chi connectivity index (χ2n) is 4.87. The van der Waals surface area contributed by atoms with Crippen LogP contribution in [-0.2, 0) is 10.0 Å². The number of aliphatic hydroxyl groups is 1. The molecule has 19 heavy (non-hydrogen) atoms. The van der Waals surface area contributed by atoms with Crippen LogP contribution in [0, 0.1) is 0 Å². The van der Waals surface area contributed by atoms with Gasteiger partial charge in [-0.1, -0.05) is 36.6 Å². The molecule has 0 bridgehead atoms. The molecule has 0 aliphatic heterocycles. The summed E-state index contributed by atoms with van der Waals surface area (Å²) in [6.45, 7) is 0. The fourth-order valence-electron chi connectivity index (χ4n) is 2.50. The van der Waals surface area contributed by atoms with Gasteiger partial charge in [-0.15, -0.1) is 0 Å². The van der Waals surface area contributed by atoms with Crippen LogP contribution in [-0.4, -0.2) is 37.0 Å². The molecule has 0 radical (unpaired) electrons. The first kappa shape index (κ1) is 14.8. The average Bonchev–Trinajstić information content (AvgIpc) is 2.39. The van der Waals surface area contributed by atoms with Crippen LogP contribution in [0.1, 0.15) is 25.7 Å². The third-order valence-electron chi connectivity index (χ3n) is 3.65. The fraction of sp³-hybridized carbons (Fsp3) is 0.538. The minimum atomic E-state index is -3.66. The molecule has 2 atom stereocenters. The number of rotatable bonds is 3. The topological polar surface area (TPSA) is 57.6 Å². The van der Waals surface area contributed by atoms with E-state index in [4.69, 9.17) is 11.6 Å². The summed E-state index contributed by atoms with van der Waals surface area (Å²) in [5, 5.41) is 10.2. The molecule has 1 saturated carbocycles. The van der Waals surface area contributed by atoms with Crippen molar-refractivity contribution in [2.24, 2.45) is 0 Å². The molecule has 0 spiro atoms. The number of nitrogens with zero attached hydrogens (tertiary/aromatic N) is 1. The highest BCUT2D eigenvalue weighted by Gasteiger charge is 2.34. The lowest BCUT2D eigenvalue weighted by Crippen LogP contribution is -2.46. The van der Waals surface area contributed by atoms with Gasteiger partial charge in [0.2, 0.25) is 10.0 Å². The zero-order valence-electron chi connectivity index (χ0n) is 10.8. The third kappa shape index (κ3) is 2.94. The van der Waals surface area contributed by atoms with Gasteiger partial charge in [0.1, 0.15) is 4.90 Å². The molecule has 0 amide bonds. The van der Waals surface area contributed by atoms with Crippen molar-refractivity contribution in [1.29, 1.82) is 0 Å². The summed E-state index contributed by atoms with van der Waals surface area (Å²) in [7, 11) is -2.15. The third-order valence-corrected chi connectivity index (χ3v) is 6.04. The second kappa shape index (κ2) is 5.79. The molecule has 0 heterocycles. The van der Waals surface area contributed by atoms with Gasteiger partial charge in [-0.2, -0.15) is 4.31 Å². The van der Waals surface area contributed by atoms with Gasteiger partial charge >= 0.3 is 0 Å². The van der Waals surface area contributed by atoms with Crippen molar-refractivity contribution in [3.05, 3.63) is 29.3 Å². The Kier molecular flexibility index (Phi) is 4.50. The van der Waals surface area contributed by atoms with Crippen molar-refractivity contribution in [2.75, 3.05) is 7.05 Å². The quantitative estimate of drug-likeness (QED) is 0.932. The molecule has 1 N–H and O–H groups in total. The number of hydrogen-bond acceptors (Lipinski definition) is 3. The van der Waals surface area contributed by atoms with Crippen LogP contribution < -0.4 is 0 Å². The minimum absolute atomic E-state index is 0.0944. The van der Waals surface area contributed by atoms with Crippen molar-refractivity contribution in [3.63, 3.8) is 0 Å².